The standard InChI is InChI=1S/C28H38F3N3O5S/c1-6-20(3)32-27(36)25(7-2)33(19-21-13-15-24(39-4)16-14-21)26(35)12-9-17-34(40(5,37)38)23-11-8-10-22(18-23)28(29,30)31/h8,10-11,13-16,18,20,25H,6-7,9,12,17,19H2,1-5H3,(H,32,36)/t20-,25-/m0/s1. The predicted molar refractivity (Wildman–Crippen MR) is 148 cm³/mol. The molecule has 2 rings (SSSR count). The van der Waals surface area contributed by atoms with Crippen LogP contribution in [0.5, 0.6) is 5.75 Å². The number of anilines is 1. The van der Waals surface area contributed by atoms with Crippen LogP contribution in [0.1, 0.15) is 57.6 Å². The molecule has 0 aromatic heterocycles. The fourth-order valence-corrected chi connectivity index (χ4v) is 5.09. The van der Waals surface area contributed by atoms with Crippen LogP contribution in [0.3, 0.4) is 0 Å². The summed E-state index contributed by atoms with van der Waals surface area (Å²) < 4.78 is 70.6. The molecule has 0 saturated heterocycles. The molecule has 0 spiro atoms. The molecule has 222 valence electrons. The number of hydrogen-bond donors (Lipinski definition) is 1. The fraction of sp³-hybridized carbons (Fsp3) is 0.500. The second-order valence-electron chi connectivity index (χ2n) is 9.60. The van der Waals surface area contributed by atoms with Crippen molar-refractivity contribution in [2.45, 2.75) is 71.3 Å². The fourth-order valence-electron chi connectivity index (χ4n) is 4.13. The number of halogens is 3. The van der Waals surface area contributed by atoms with Crippen LogP contribution >= 0.6 is 0 Å². The van der Waals surface area contributed by atoms with Crippen molar-refractivity contribution in [3.05, 3.63) is 59.7 Å². The smallest absolute Gasteiger partial charge is 0.416 e. The molecule has 0 heterocycles. The molecule has 0 unspecified atom stereocenters. The zero-order chi connectivity index (χ0) is 30.1. The van der Waals surface area contributed by atoms with Crippen molar-refractivity contribution in [3.8, 4) is 5.75 Å². The number of nitrogens with zero attached hydrogens (tertiary/aromatic N) is 2. The Balaban J connectivity index is 2.27. The van der Waals surface area contributed by atoms with Crippen molar-refractivity contribution < 1.29 is 35.9 Å². The first-order chi connectivity index (χ1) is 18.7. The quantitative estimate of drug-likeness (QED) is 0.337. The highest BCUT2D eigenvalue weighted by atomic mass is 32.2. The summed E-state index contributed by atoms with van der Waals surface area (Å²) in [5.74, 6) is -0.0291. The summed E-state index contributed by atoms with van der Waals surface area (Å²) in [5, 5.41) is 2.92. The molecule has 2 aromatic rings. The van der Waals surface area contributed by atoms with E-state index in [0.717, 1.165) is 34.3 Å². The number of rotatable bonds is 14. The number of carbonyl (C=O) groups excluding carboxylic acids is 2. The van der Waals surface area contributed by atoms with Crippen molar-refractivity contribution in [1.82, 2.24) is 10.2 Å². The van der Waals surface area contributed by atoms with Gasteiger partial charge < -0.3 is 15.0 Å². The molecule has 1 N–H and O–H groups in total. The minimum Gasteiger partial charge on any atom is -0.497 e. The van der Waals surface area contributed by atoms with Gasteiger partial charge in [0, 0.05) is 25.6 Å². The lowest BCUT2D eigenvalue weighted by Gasteiger charge is -2.32. The SMILES string of the molecule is CC[C@H](C)NC(=O)[C@H](CC)N(Cc1ccc(OC)cc1)C(=O)CCCN(c1cccc(C(F)(F)F)c1)S(C)(=O)=O. The average Bonchev–Trinajstić information content (AvgIpc) is 2.90. The van der Waals surface area contributed by atoms with Gasteiger partial charge in [0.15, 0.2) is 0 Å². The number of benzene rings is 2. The van der Waals surface area contributed by atoms with Crippen molar-refractivity contribution >= 4 is 27.5 Å². The summed E-state index contributed by atoms with van der Waals surface area (Å²) in [6.45, 7) is 5.53. The third kappa shape index (κ3) is 9.42. The largest absolute Gasteiger partial charge is 0.497 e. The second-order valence-corrected chi connectivity index (χ2v) is 11.5. The Labute approximate surface area is 234 Å². The van der Waals surface area contributed by atoms with Gasteiger partial charge in [0.1, 0.15) is 11.8 Å². The lowest BCUT2D eigenvalue weighted by Crippen LogP contribution is -2.50. The topological polar surface area (TPSA) is 96.0 Å². The minimum absolute atomic E-state index is 0.0324. The number of sulfonamides is 1. The first-order valence-corrected chi connectivity index (χ1v) is 14.9. The summed E-state index contributed by atoms with van der Waals surface area (Å²) in [5.41, 5.74) is -0.344. The molecule has 2 atom stereocenters. The number of amides is 2. The molecule has 0 saturated carbocycles. The molecule has 0 aliphatic rings. The van der Waals surface area contributed by atoms with E-state index in [9.17, 15) is 31.2 Å². The molecule has 12 heteroatoms. The molecule has 2 amide bonds. The van der Waals surface area contributed by atoms with Gasteiger partial charge in [-0.15, -0.1) is 0 Å². The van der Waals surface area contributed by atoms with Crippen LogP contribution in [0, 0.1) is 0 Å². The van der Waals surface area contributed by atoms with Gasteiger partial charge in [-0.1, -0.05) is 32.0 Å². The van der Waals surface area contributed by atoms with E-state index < -0.39 is 27.8 Å². The molecule has 0 fully saturated rings. The van der Waals surface area contributed by atoms with Gasteiger partial charge in [0.25, 0.3) is 0 Å². The highest BCUT2D eigenvalue weighted by molar-refractivity contribution is 7.92. The number of nitrogens with one attached hydrogen (secondary N) is 1. The second kappa shape index (κ2) is 14.4. The maximum Gasteiger partial charge on any atom is 0.416 e. The molecule has 8 nitrogen and oxygen atoms in total. The van der Waals surface area contributed by atoms with Gasteiger partial charge in [0.05, 0.1) is 24.6 Å². The molecule has 2 aromatic carbocycles. The number of ether oxygens (including phenoxy) is 1. The van der Waals surface area contributed by atoms with E-state index in [1.165, 1.54) is 18.1 Å². The summed E-state index contributed by atoms with van der Waals surface area (Å²) in [7, 11) is -2.40. The van der Waals surface area contributed by atoms with Crippen LogP contribution in [0.25, 0.3) is 0 Å². The van der Waals surface area contributed by atoms with Crippen LogP contribution in [-0.2, 0) is 32.3 Å². The van der Waals surface area contributed by atoms with Crippen LogP contribution in [-0.4, -0.2) is 57.1 Å². The summed E-state index contributed by atoms with van der Waals surface area (Å²) in [6.07, 6.45) is -2.76. The van der Waals surface area contributed by atoms with Crippen LogP contribution < -0.4 is 14.4 Å². The van der Waals surface area contributed by atoms with E-state index in [1.54, 1.807) is 31.2 Å². The lowest BCUT2D eigenvalue weighted by atomic mass is 10.1. The summed E-state index contributed by atoms with van der Waals surface area (Å²) >= 11 is 0. The van der Waals surface area contributed by atoms with Crippen molar-refractivity contribution in [1.29, 1.82) is 0 Å². The molecular weight excluding hydrogens is 547 g/mol. The van der Waals surface area contributed by atoms with E-state index in [1.807, 2.05) is 13.8 Å². The number of alkyl halides is 3. The van der Waals surface area contributed by atoms with Crippen LogP contribution in [0.15, 0.2) is 48.5 Å². The highest BCUT2D eigenvalue weighted by Gasteiger charge is 2.32. The van der Waals surface area contributed by atoms with Gasteiger partial charge >= 0.3 is 6.18 Å². The zero-order valence-electron chi connectivity index (χ0n) is 23.5. The maximum absolute atomic E-state index is 13.5. The highest BCUT2D eigenvalue weighted by Crippen LogP contribution is 2.32. The average molecular weight is 586 g/mol. The Morgan fingerprint density at radius 1 is 1.05 bits per heavy atom. The first-order valence-electron chi connectivity index (χ1n) is 13.1. The van der Waals surface area contributed by atoms with Gasteiger partial charge in [-0.25, -0.2) is 8.42 Å². The van der Waals surface area contributed by atoms with Gasteiger partial charge in [-0.3, -0.25) is 13.9 Å². The Hall–Kier alpha value is -3.28. The van der Waals surface area contributed by atoms with E-state index >= 15 is 0 Å². The van der Waals surface area contributed by atoms with E-state index in [4.69, 9.17) is 4.74 Å². The number of carbonyl (C=O) groups is 2. The van der Waals surface area contributed by atoms with Crippen molar-refractivity contribution in [2.75, 3.05) is 24.2 Å². The van der Waals surface area contributed by atoms with E-state index in [0.29, 0.717) is 18.6 Å². The molecule has 0 aliphatic heterocycles. The lowest BCUT2D eigenvalue weighted by molar-refractivity contribution is -0.141. The number of hydrogen-bond acceptors (Lipinski definition) is 5. The molecule has 40 heavy (non-hydrogen) atoms. The number of methoxy groups -OCH3 is 1. The monoisotopic (exact) mass is 585 g/mol. The third-order valence-electron chi connectivity index (χ3n) is 6.51. The molecule has 0 aliphatic carbocycles. The Kier molecular flexibility index (Phi) is 11.8. The summed E-state index contributed by atoms with van der Waals surface area (Å²) in [6, 6.07) is 10.3. The van der Waals surface area contributed by atoms with Gasteiger partial charge in [0.2, 0.25) is 21.8 Å². The van der Waals surface area contributed by atoms with E-state index in [-0.39, 0.29) is 49.5 Å². The summed E-state index contributed by atoms with van der Waals surface area (Å²) in [4.78, 5) is 28.0. The van der Waals surface area contributed by atoms with Crippen molar-refractivity contribution in [3.63, 3.8) is 0 Å². The van der Waals surface area contributed by atoms with E-state index in [2.05, 4.69) is 5.32 Å². The Morgan fingerprint density at radius 3 is 2.23 bits per heavy atom. The predicted octanol–water partition coefficient (Wildman–Crippen LogP) is 4.98. The molecule has 0 bridgehead atoms. The Bertz CT molecular complexity index is 1240. The Morgan fingerprint density at radius 2 is 1.70 bits per heavy atom. The first kappa shape index (κ1) is 32.9. The maximum atomic E-state index is 13.5. The minimum atomic E-state index is -4.64. The van der Waals surface area contributed by atoms with Gasteiger partial charge in [-0.2, -0.15) is 13.2 Å². The van der Waals surface area contributed by atoms with Crippen LogP contribution in [0.2, 0.25) is 0 Å². The molecule has 0 radical (unpaired) electrons. The van der Waals surface area contributed by atoms with Gasteiger partial charge in [-0.05, 0) is 62.1 Å². The third-order valence-corrected chi connectivity index (χ3v) is 7.71. The zero-order valence-corrected chi connectivity index (χ0v) is 24.3. The van der Waals surface area contributed by atoms with Crippen molar-refractivity contribution in [2.24, 2.45) is 0 Å². The van der Waals surface area contributed by atoms with Crippen LogP contribution in [0.4, 0.5) is 18.9 Å². The normalized spacial score (nSPS) is 13.3. The molecular formula is C28H38F3N3O5S.